The van der Waals surface area contributed by atoms with Gasteiger partial charge in [-0.15, -0.1) is 0 Å². The summed E-state index contributed by atoms with van der Waals surface area (Å²) in [6.45, 7) is 4.58. The van der Waals surface area contributed by atoms with E-state index >= 15 is 0 Å². The van der Waals surface area contributed by atoms with Gasteiger partial charge in [-0.2, -0.15) is 0 Å². The normalized spacial score (nSPS) is 10.2. The number of amides is 1. The molecule has 0 saturated carbocycles. The lowest BCUT2D eigenvalue weighted by molar-refractivity contribution is -0.137. The smallest absolute Gasteiger partial charge is 0.303 e. The van der Waals surface area contributed by atoms with Crippen molar-refractivity contribution in [1.29, 1.82) is 0 Å². The molecule has 5 heteroatoms. The lowest BCUT2D eigenvalue weighted by atomic mass is 10.3. The van der Waals surface area contributed by atoms with Gasteiger partial charge in [0.15, 0.2) is 0 Å². The zero-order chi connectivity index (χ0) is 11.0. The second-order valence-corrected chi connectivity index (χ2v) is 3.40. The molecule has 3 N–H and O–H groups in total. The van der Waals surface area contributed by atoms with Crippen molar-refractivity contribution in [2.24, 2.45) is 0 Å². The van der Waals surface area contributed by atoms with E-state index in [4.69, 9.17) is 5.11 Å². The van der Waals surface area contributed by atoms with Crippen molar-refractivity contribution in [2.75, 3.05) is 13.1 Å². The third-order valence-electron chi connectivity index (χ3n) is 1.48. The van der Waals surface area contributed by atoms with Crippen LogP contribution in [0.15, 0.2) is 0 Å². The summed E-state index contributed by atoms with van der Waals surface area (Å²) in [6.07, 6.45) is 0.684. The van der Waals surface area contributed by atoms with Crippen molar-refractivity contribution in [2.45, 2.75) is 32.7 Å². The zero-order valence-corrected chi connectivity index (χ0v) is 8.67. The molecule has 0 heterocycles. The first-order chi connectivity index (χ1) is 6.52. The molecule has 0 aliphatic carbocycles. The maximum Gasteiger partial charge on any atom is 0.303 e. The van der Waals surface area contributed by atoms with Crippen LogP contribution in [0.5, 0.6) is 0 Å². The van der Waals surface area contributed by atoms with E-state index in [1.165, 1.54) is 0 Å². The molecule has 0 aliphatic heterocycles. The highest BCUT2D eigenvalue weighted by atomic mass is 16.4. The molecule has 1 amide bonds. The van der Waals surface area contributed by atoms with Crippen molar-refractivity contribution < 1.29 is 14.7 Å². The van der Waals surface area contributed by atoms with Crippen LogP contribution in [0.4, 0.5) is 0 Å². The Labute approximate surface area is 83.9 Å². The highest BCUT2D eigenvalue weighted by molar-refractivity contribution is 5.78. The summed E-state index contributed by atoms with van der Waals surface area (Å²) < 4.78 is 0. The van der Waals surface area contributed by atoms with Gasteiger partial charge in [-0.25, -0.2) is 0 Å². The number of hydrogen-bond donors (Lipinski definition) is 3. The maximum atomic E-state index is 11.1. The first-order valence-corrected chi connectivity index (χ1v) is 4.74. The Kier molecular flexibility index (Phi) is 6.74. The van der Waals surface area contributed by atoms with Crippen LogP contribution >= 0.6 is 0 Å². The third-order valence-corrected chi connectivity index (χ3v) is 1.48. The van der Waals surface area contributed by atoms with Gasteiger partial charge in [-0.05, 0) is 26.8 Å². The third kappa shape index (κ3) is 8.99. The van der Waals surface area contributed by atoms with Gasteiger partial charge in [0.1, 0.15) is 0 Å². The highest BCUT2D eigenvalue weighted by Crippen LogP contribution is 1.85. The molecule has 0 saturated heterocycles. The Bertz CT molecular complexity index is 192. The average Bonchev–Trinajstić information content (AvgIpc) is 2.01. The van der Waals surface area contributed by atoms with E-state index in [2.05, 4.69) is 10.6 Å². The van der Waals surface area contributed by atoms with E-state index in [1.807, 2.05) is 13.8 Å². The molecule has 5 nitrogen and oxygen atoms in total. The van der Waals surface area contributed by atoms with Gasteiger partial charge in [0.2, 0.25) is 5.91 Å². The van der Waals surface area contributed by atoms with Crippen LogP contribution in [0.25, 0.3) is 0 Å². The van der Waals surface area contributed by atoms with Crippen molar-refractivity contribution >= 4 is 11.9 Å². The molecule has 0 aliphatic rings. The van der Waals surface area contributed by atoms with Crippen molar-refractivity contribution in [3.63, 3.8) is 0 Å². The van der Waals surface area contributed by atoms with E-state index in [9.17, 15) is 9.59 Å². The van der Waals surface area contributed by atoms with Crippen LogP contribution in [0, 0.1) is 0 Å². The molecule has 0 rings (SSSR count). The number of carboxylic acids is 1. The number of carbonyl (C=O) groups is 2. The van der Waals surface area contributed by atoms with Gasteiger partial charge < -0.3 is 15.7 Å². The largest absolute Gasteiger partial charge is 0.481 e. The fourth-order valence-electron chi connectivity index (χ4n) is 0.940. The number of nitrogens with one attached hydrogen (secondary N) is 2. The maximum absolute atomic E-state index is 11.1. The van der Waals surface area contributed by atoms with Gasteiger partial charge >= 0.3 is 5.97 Å². The minimum Gasteiger partial charge on any atom is -0.481 e. The Morgan fingerprint density at radius 2 is 2.00 bits per heavy atom. The summed E-state index contributed by atoms with van der Waals surface area (Å²) in [5.74, 6) is -0.867. The molecule has 0 aromatic heterocycles. The lowest BCUT2D eigenvalue weighted by Gasteiger charge is -2.08. The predicted octanol–water partition coefficient (Wildman–Crippen LogP) is -0.0346. The van der Waals surface area contributed by atoms with Gasteiger partial charge in [0.25, 0.3) is 0 Å². The van der Waals surface area contributed by atoms with Crippen molar-refractivity contribution in [3.8, 4) is 0 Å². The van der Waals surface area contributed by atoms with Gasteiger partial charge in [0, 0.05) is 12.5 Å². The van der Waals surface area contributed by atoms with Crippen LogP contribution in [0.2, 0.25) is 0 Å². The van der Waals surface area contributed by atoms with Crippen LogP contribution in [-0.4, -0.2) is 36.1 Å². The summed E-state index contributed by atoms with van der Waals surface area (Å²) in [5, 5.41) is 13.9. The Hall–Kier alpha value is -1.10. The highest BCUT2D eigenvalue weighted by Gasteiger charge is 2.02. The predicted molar refractivity (Wildman–Crippen MR) is 53.0 cm³/mol. The zero-order valence-electron chi connectivity index (χ0n) is 8.67. The summed E-state index contributed by atoms with van der Waals surface area (Å²) >= 11 is 0. The fraction of sp³-hybridized carbons (Fsp3) is 0.778. The quantitative estimate of drug-likeness (QED) is 0.506. The summed E-state index contributed by atoms with van der Waals surface area (Å²) in [4.78, 5) is 21.2. The summed E-state index contributed by atoms with van der Waals surface area (Å²) in [6, 6.07) is 0.142. The molecular formula is C9H18N2O3. The first kappa shape index (κ1) is 12.9. The van der Waals surface area contributed by atoms with Crippen LogP contribution < -0.4 is 10.6 Å². The van der Waals surface area contributed by atoms with E-state index in [1.54, 1.807) is 0 Å². The minimum absolute atomic E-state index is 0.0599. The topological polar surface area (TPSA) is 78.4 Å². The Balaban J connectivity index is 3.27. The molecule has 0 fully saturated rings. The van der Waals surface area contributed by atoms with Crippen LogP contribution in [-0.2, 0) is 9.59 Å². The SMILES string of the molecule is CC(C)NC(=O)CNCCCC(=O)O. The number of rotatable bonds is 7. The molecule has 0 atom stereocenters. The standard InChI is InChI=1S/C9H18N2O3/c1-7(2)11-8(12)6-10-5-3-4-9(13)14/h7,10H,3-6H2,1-2H3,(H,11,12)(H,13,14). The second-order valence-electron chi connectivity index (χ2n) is 3.40. The molecule has 0 spiro atoms. The fourth-order valence-corrected chi connectivity index (χ4v) is 0.940. The molecule has 0 unspecified atom stereocenters. The molecule has 82 valence electrons. The number of aliphatic carboxylic acids is 1. The average molecular weight is 202 g/mol. The van der Waals surface area contributed by atoms with Gasteiger partial charge in [-0.1, -0.05) is 0 Å². The number of carbonyl (C=O) groups excluding carboxylic acids is 1. The lowest BCUT2D eigenvalue weighted by Crippen LogP contribution is -2.38. The Morgan fingerprint density at radius 3 is 2.50 bits per heavy atom. The number of hydrogen-bond acceptors (Lipinski definition) is 3. The van der Waals surface area contributed by atoms with E-state index in [-0.39, 0.29) is 24.9 Å². The van der Waals surface area contributed by atoms with E-state index < -0.39 is 5.97 Å². The summed E-state index contributed by atoms with van der Waals surface area (Å²) in [5.41, 5.74) is 0. The first-order valence-electron chi connectivity index (χ1n) is 4.74. The van der Waals surface area contributed by atoms with Gasteiger partial charge in [-0.3, -0.25) is 9.59 Å². The minimum atomic E-state index is -0.807. The van der Waals surface area contributed by atoms with Crippen molar-refractivity contribution in [3.05, 3.63) is 0 Å². The molecule has 0 aromatic rings. The molecule has 14 heavy (non-hydrogen) atoms. The monoisotopic (exact) mass is 202 g/mol. The van der Waals surface area contributed by atoms with Crippen molar-refractivity contribution in [1.82, 2.24) is 10.6 Å². The van der Waals surface area contributed by atoms with E-state index in [0.29, 0.717) is 13.0 Å². The van der Waals surface area contributed by atoms with E-state index in [0.717, 1.165) is 0 Å². The summed E-state index contributed by atoms with van der Waals surface area (Å²) in [7, 11) is 0. The molecular weight excluding hydrogens is 184 g/mol. The second kappa shape index (κ2) is 7.32. The van der Waals surface area contributed by atoms with Crippen LogP contribution in [0.3, 0.4) is 0 Å². The van der Waals surface area contributed by atoms with Crippen LogP contribution in [0.1, 0.15) is 26.7 Å². The molecule has 0 radical (unpaired) electrons. The molecule has 0 aromatic carbocycles. The number of carboxylic acid groups (broad SMARTS) is 1. The van der Waals surface area contributed by atoms with Gasteiger partial charge in [0.05, 0.1) is 6.54 Å². The Morgan fingerprint density at radius 1 is 1.36 bits per heavy atom. The molecule has 0 bridgehead atoms.